The molecule has 0 spiro atoms. The smallest absolute Gasteiger partial charge is 0.203 e. The molecule has 7 heteroatoms. The zero-order valence-corrected chi connectivity index (χ0v) is 16.3. The van der Waals surface area contributed by atoms with E-state index in [1.807, 2.05) is 0 Å². The fourth-order valence-electron chi connectivity index (χ4n) is 2.81. The second kappa shape index (κ2) is 8.35. The molecule has 0 unspecified atom stereocenters. The van der Waals surface area contributed by atoms with Gasteiger partial charge in [-0.3, -0.25) is 4.79 Å². The van der Waals surface area contributed by atoms with Gasteiger partial charge in [0.2, 0.25) is 5.75 Å². The number of benzene rings is 2. The molecule has 0 radical (unpaired) electrons. The first-order chi connectivity index (χ1) is 13.5. The topological polar surface area (TPSA) is 54.0 Å². The minimum atomic E-state index is -0.417. The molecule has 0 amide bonds. The maximum Gasteiger partial charge on any atom is 0.203 e. The summed E-state index contributed by atoms with van der Waals surface area (Å²) < 4.78 is 34.8. The Morgan fingerprint density at radius 3 is 2.39 bits per heavy atom. The van der Waals surface area contributed by atoms with E-state index in [1.54, 1.807) is 18.2 Å². The van der Waals surface area contributed by atoms with Crippen molar-refractivity contribution in [1.29, 1.82) is 0 Å². The molecule has 0 N–H and O–H groups in total. The highest BCUT2D eigenvalue weighted by atomic mass is 35.5. The summed E-state index contributed by atoms with van der Waals surface area (Å²) in [6, 6.07) is 7.25. The standard InChI is InChI=1S/C21H18ClFO5/c1-25-18-8-13(9-19(26-2)21(18)27-3)16(24)6-4-12-11-28-17-7-5-14(23)10-15(17)20(12)22/h4-10H,11H2,1-3H3/b6-4+. The molecule has 1 heterocycles. The lowest BCUT2D eigenvalue weighted by atomic mass is 10.0. The van der Waals surface area contributed by atoms with Crippen LogP contribution < -0.4 is 18.9 Å². The molecular weight excluding hydrogens is 387 g/mol. The number of methoxy groups -OCH3 is 3. The summed E-state index contributed by atoms with van der Waals surface area (Å²) in [6.45, 7) is 0.177. The monoisotopic (exact) mass is 404 g/mol. The van der Waals surface area contributed by atoms with Crippen molar-refractivity contribution in [2.24, 2.45) is 0 Å². The number of ketones is 1. The molecule has 0 saturated carbocycles. The zero-order valence-electron chi connectivity index (χ0n) is 15.5. The summed E-state index contributed by atoms with van der Waals surface area (Å²) in [4.78, 5) is 12.6. The van der Waals surface area contributed by atoms with Crippen LogP contribution in [0.1, 0.15) is 15.9 Å². The van der Waals surface area contributed by atoms with E-state index in [1.165, 1.54) is 45.6 Å². The van der Waals surface area contributed by atoms with Crippen LogP contribution in [0.3, 0.4) is 0 Å². The number of carbonyl (C=O) groups is 1. The third-order valence-corrected chi connectivity index (χ3v) is 4.67. The van der Waals surface area contributed by atoms with Gasteiger partial charge in [0.05, 0.1) is 26.4 Å². The van der Waals surface area contributed by atoms with Gasteiger partial charge in [-0.05, 0) is 36.4 Å². The summed E-state index contributed by atoms with van der Waals surface area (Å²) >= 11 is 6.36. The first kappa shape index (κ1) is 19.8. The summed E-state index contributed by atoms with van der Waals surface area (Å²) in [6.07, 6.45) is 2.92. The summed E-state index contributed by atoms with van der Waals surface area (Å²) in [5.74, 6) is 0.943. The highest BCUT2D eigenvalue weighted by Gasteiger charge is 2.19. The molecule has 0 bridgehead atoms. The number of carbonyl (C=O) groups excluding carboxylic acids is 1. The summed E-state index contributed by atoms with van der Waals surface area (Å²) in [7, 11) is 4.43. The maximum atomic E-state index is 13.5. The number of rotatable bonds is 6. The van der Waals surface area contributed by atoms with Gasteiger partial charge in [0.25, 0.3) is 0 Å². The molecular formula is C21H18ClFO5. The molecule has 3 rings (SSSR count). The maximum absolute atomic E-state index is 13.5. The van der Waals surface area contributed by atoms with Gasteiger partial charge in [-0.25, -0.2) is 4.39 Å². The third kappa shape index (κ3) is 3.82. The zero-order chi connectivity index (χ0) is 20.3. The predicted molar refractivity (Wildman–Crippen MR) is 104 cm³/mol. The number of halogens is 2. The van der Waals surface area contributed by atoms with Crippen molar-refractivity contribution in [3.63, 3.8) is 0 Å². The van der Waals surface area contributed by atoms with E-state index in [-0.39, 0.29) is 12.4 Å². The number of hydrogen-bond donors (Lipinski definition) is 0. The van der Waals surface area contributed by atoms with Crippen LogP contribution in [0.25, 0.3) is 5.03 Å². The Balaban J connectivity index is 1.91. The predicted octanol–water partition coefficient (Wildman–Crippen LogP) is 4.63. The van der Waals surface area contributed by atoms with Crippen molar-refractivity contribution in [2.45, 2.75) is 0 Å². The fourth-order valence-corrected chi connectivity index (χ4v) is 3.07. The van der Waals surface area contributed by atoms with E-state index < -0.39 is 5.82 Å². The fraction of sp³-hybridized carbons (Fsp3) is 0.190. The molecule has 28 heavy (non-hydrogen) atoms. The lowest BCUT2D eigenvalue weighted by molar-refractivity contribution is 0.104. The molecule has 5 nitrogen and oxygen atoms in total. The molecule has 2 aromatic rings. The molecule has 1 aliphatic rings. The Hall–Kier alpha value is -2.99. The summed E-state index contributed by atoms with van der Waals surface area (Å²) in [5, 5.41) is 0.342. The Morgan fingerprint density at radius 1 is 1.11 bits per heavy atom. The molecule has 0 atom stereocenters. The molecule has 0 aliphatic carbocycles. The van der Waals surface area contributed by atoms with Crippen LogP contribution in [0.4, 0.5) is 4.39 Å². The Morgan fingerprint density at radius 2 is 1.79 bits per heavy atom. The molecule has 2 aromatic carbocycles. The first-order valence-electron chi connectivity index (χ1n) is 8.32. The van der Waals surface area contributed by atoms with E-state index in [4.69, 9.17) is 30.5 Å². The van der Waals surface area contributed by atoms with Crippen LogP contribution in [0.2, 0.25) is 0 Å². The van der Waals surface area contributed by atoms with Gasteiger partial charge < -0.3 is 18.9 Å². The van der Waals surface area contributed by atoms with Crippen molar-refractivity contribution < 1.29 is 28.1 Å². The average molecular weight is 405 g/mol. The van der Waals surface area contributed by atoms with Gasteiger partial charge in [0.15, 0.2) is 17.3 Å². The number of fused-ring (bicyclic) bond motifs is 1. The SMILES string of the molecule is COc1cc(C(=O)/C=C/C2=C(Cl)c3cc(F)ccc3OC2)cc(OC)c1OC. The van der Waals surface area contributed by atoms with Crippen LogP contribution in [0, 0.1) is 5.82 Å². The molecule has 0 aromatic heterocycles. The molecule has 0 fully saturated rings. The molecule has 0 saturated heterocycles. The van der Waals surface area contributed by atoms with Crippen LogP contribution in [-0.2, 0) is 0 Å². The van der Waals surface area contributed by atoms with Crippen LogP contribution >= 0.6 is 11.6 Å². The highest BCUT2D eigenvalue weighted by Crippen LogP contribution is 2.39. The van der Waals surface area contributed by atoms with E-state index >= 15 is 0 Å². The quantitative estimate of drug-likeness (QED) is 0.519. The van der Waals surface area contributed by atoms with Crippen LogP contribution in [-0.4, -0.2) is 33.7 Å². The number of allylic oxidation sites excluding steroid dienone is 1. The van der Waals surface area contributed by atoms with E-state index in [0.29, 0.717) is 44.7 Å². The van der Waals surface area contributed by atoms with Crippen molar-refractivity contribution in [1.82, 2.24) is 0 Å². The lowest BCUT2D eigenvalue weighted by Gasteiger charge is -2.19. The van der Waals surface area contributed by atoms with E-state index in [9.17, 15) is 9.18 Å². The minimum absolute atomic E-state index is 0.177. The largest absolute Gasteiger partial charge is 0.493 e. The van der Waals surface area contributed by atoms with Gasteiger partial charge in [-0.15, -0.1) is 0 Å². The second-order valence-electron chi connectivity index (χ2n) is 5.88. The molecule has 146 valence electrons. The first-order valence-corrected chi connectivity index (χ1v) is 8.70. The van der Waals surface area contributed by atoms with Gasteiger partial charge in [-0.1, -0.05) is 17.7 Å². The summed E-state index contributed by atoms with van der Waals surface area (Å²) in [5.41, 5.74) is 1.37. The number of ether oxygens (including phenoxy) is 4. The van der Waals surface area contributed by atoms with E-state index in [0.717, 1.165) is 0 Å². The van der Waals surface area contributed by atoms with Crippen LogP contribution in [0.15, 0.2) is 48.1 Å². The Labute approximate surface area is 166 Å². The van der Waals surface area contributed by atoms with E-state index in [2.05, 4.69) is 0 Å². The normalized spacial score (nSPS) is 13.2. The van der Waals surface area contributed by atoms with Gasteiger partial charge >= 0.3 is 0 Å². The highest BCUT2D eigenvalue weighted by molar-refractivity contribution is 6.50. The average Bonchev–Trinajstić information content (AvgIpc) is 2.72. The van der Waals surface area contributed by atoms with Crippen molar-refractivity contribution in [2.75, 3.05) is 27.9 Å². The lowest BCUT2D eigenvalue weighted by Crippen LogP contribution is -2.09. The number of hydrogen-bond acceptors (Lipinski definition) is 5. The molecule has 1 aliphatic heterocycles. The van der Waals surface area contributed by atoms with Crippen molar-refractivity contribution in [3.8, 4) is 23.0 Å². The van der Waals surface area contributed by atoms with Gasteiger partial charge in [-0.2, -0.15) is 0 Å². The Kier molecular flexibility index (Phi) is 5.90. The van der Waals surface area contributed by atoms with Crippen LogP contribution in [0.5, 0.6) is 23.0 Å². The third-order valence-electron chi connectivity index (χ3n) is 4.23. The second-order valence-corrected chi connectivity index (χ2v) is 6.26. The van der Waals surface area contributed by atoms with Crippen molar-refractivity contribution in [3.05, 3.63) is 65.0 Å². The van der Waals surface area contributed by atoms with Gasteiger partial charge in [0.1, 0.15) is 18.2 Å². The van der Waals surface area contributed by atoms with Gasteiger partial charge in [0, 0.05) is 16.7 Å². The Bertz CT molecular complexity index is 956. The van der Waals surface area contributed by atoms with Crippen molar-refractivity contribution >= 4 is 22.4 Å². The minimum Gasteiger partial charge on any atom is -0.493 e.